The van der Waals surface area contributed by atoms with E-state index in [4.69, 9.17) is 26.8 Å². The van der Waals surface area contributed by atoms with Crippen molar-refractivity contribution in [2.24, 2.45) is 0 Å². The van der Waals surface area contributed by atoms with E-state index in [0.29, 0.717) is 16.3 Å². The number of carbonyl (C=O) groups is 1. The number of aryl methyl sites for hydroxylation is 1. The van der Waals surface area contributed by atoms with Crippen LogP contribution in [0.25, 0.3) is 0 Å². The van der Waals surface area contributed by atoms with Gasteiger partial charge >= 0.3 is 5.97 Å². The van der Waals surface area contributed by atoms with E-state index in [0.717, 1.165) is 11.3 Å². The molecule has 0 radical (unpaired) electrons. The number of ether oxygens (including phenoxy) is 2. The zero-order valence-electron chi connectivity index (χ0n) is 16.0. The molecule has 0 aliphatic rings. The second-order valence-corrected chi connectivity index (χ2v) is 6.65. The van der Waals surface area contributed by atoms with Crippen molar-refractivity contribution in [2.75, 3.05) is 18.2 Å². The van der Waals surface area contributed by atoms with E-state index in [1.165, 1.54) is 7.11 Å². The first-order valence-electron chi connectivity index (χ1n) is 8.75. The lowest BCUT2D eigenvalue weighted by atomic mass is 10.1. The van der Waals surface area contributed by atoms with Crippen molar-refractivity contribution < 1.29 is 14.3 Å². The van der Waals surface area contributed by atoms with Crippen LogP contribution in [0.5, 0.6) is 5.75 Å². The number of nitrogens with one attached hydrogen (secondary N) is 1. The van der Waals surface area contributed by atoms with E-state index < -0.39 is 5.97 Å². The van der Waals surface area contributed by atoms with Crippen molar-refractivity contribution in [3.05, 3.63) is 64.4 Å². The number of carbonyl (C=O) groups excluding carboxylic acids is 1. The van der Waals surface area contributed by atoms with Crippen LogP contribution in [0, 0.1) is 6.92 Å². The van der Waals surface area contributed by atoms with Gasteiger partial charge in [0, 0.05) is 16.3 Å². The molecule has 1 heterocycles. The molecule has 0 spiro atoms. The van der Waals surface area contributed by atoms with Crippen molar-refractivity contribution in [3.63, 3.8) is 0 Å². The fourth-order valence-corrected chi connectivity index (χ4v) is 2.76. The Bertz CT molecular complexity index is 1010. The average Bonchev–Trinajstić information content (AvgIpc) is 2.68. The second-order valence-electron chi connectivity index (χ2n) is 6.22. The topological polar surface area (TPSA) is 112 Å². The fourth-order valence-electron chi connectivity index (χ4n) is 2.56. The molecule has 0 saturated carbocycles. The van der Waals surface area contributed by atoms with Gasteiger partial charge < -0.3 is 20.5 Å². The molecule has 2 aromatic carbocycles. The molecular weight excluding hydrogens is 394 g/mol. The first-order valence-corrected chi connectivity index (χ1v) is 9.13. The minimum absolute atomic E-state index is 0.00122. The number of halogens is 1. The van der Waals surface area contributed by atoms with Gasteiger partial charge in [-0.2, -0.15) is 15.0 Å². The minimum Gasteiger partial charge on any atom is -0.496 e. The van der Waals surface area contributed by atoms with Crippen LogP contribution in [0.1, 0.15) is 17.0 Å². The molecule has 8 nitrogen and oxygen atoms in total. The van der Waals surface area contributed by atoms with Gasteiger partial charge in [-0.3, -0.25) is 4.79 Å². The summed E-state index contributed by atoms with van der Waals surface area (Å²) in [5, 5.41) is 3.55. The molecule has 0 bridgehead atoms. The first-order chi connectivity index (χ1) is 13.9. The van der Waals surface area contributed by atoms with Crippen molar-refractivity contribution in [1.82, 2.24) is 15.0 Å². The first kappa shape index (κ1) is 20.3. The highest BCUT2D eigenvalue weighted by molar-refractivity contribution is 6.30. The number of esters is 1. The predicted molar refractivity (Wildman–Crippen MR) is 110 cm³/mol. The Balaban J connectivity index is 1.64. The molecule has 3 aromatic rings. The molecule has 0 fully saturated rings. The lowest BCUT2D eigenvalue weighted by Crippen LogP contribution is -2.12. The number of aromatic nitrogens is 3. The highest BCUT2D eigenvalue weighted by Gasteiger charge is 2.13. The van der Waals surface area contributed by atoms with Crippen LogP contribution in [-0.2, 0) is 22.6 Å². The van der Waals surface area contributed by atoms with Crippen LogP contribution in [0.15, 0.2) is 42.5 Å². The molecule has 0 aliphatic heterocycles. The molecule has 0 amide bonds. The molecule has 3 N–H and O–H groups in total. The Labute approximate surface area is 173 Å². The van der Waals surface area contributed by atoms with Crippen LogP contribution >= 0.6 is 11.6 Å². The number of anilines is 3. The second kappa shape index (κ2) is 9.20. The molecule has 150 valence electrons. The molecule has 0 aliphatic carbocycles. The van der Waals surface area contributed by atoms with E-state index in [2.05, 4.69) is 20.3 Å². The summed E-state index contributed by atoms with van der Waals surface area (Å²) in [4.78, 5) is 24.5. The van der Waals surface area contributed by atoms with Gasteiger partial charge in [-0.05, 0) is 37.3 Å². The molecule has 29 heavy (non-hydrogen) atoms. The molecule has 0 atom stereocenters. The normalized spacial score (nSPS) is 10.4. The Morgan fingerprint density at radius 3 is 2.62 bits per heavy atom. The van der Waals surface area contributed by atoms with Crippen LogP contribution in [0.3, 0.4) is 0 Å². The monoisotopic (exact) mass is 413 g/mol. The zero-order chi connectivity index (χ0) is 20.8. The van der Waals surface area contributed by atoms with Crippen LogP contribution in [-0.4, -0.2) is 28.0 Å². The number of hydrogen-bond donors (Lipinski definition) is 2. The molecule has 0 unspecified atom stereocenters. The van der Waals surface area contributed by atoms with Gasteiger partial charge in [0.15, 0.2) is 12.4 Å². The van der Waals surface area contributed by atoms with Crippen molar-refractivity contribution >= 4 is 35.2 Å². The van der Waals surface area contributed by atoms with Gasteiger partial charge in [0.05, 0.1) is 13.5 Å². The third kappa shape index (κ3) is 5.79. The molecule has 9 heteroatoms. The molecule has 1 aromatic heterocycles. The summed E-state index contributed by atoms with van der Waals surface area (Å²) in [5.74, 6) is 0.609. The Morgan fingerprint density at radius 1 is 1.14 bits per heavy atom. The summed E-state index contributed by atoms with van der Waals surface area (Å²) in [6.45, 7) is 1.85. The molecule has 0 saturated heterocycles. The van der Waals surface area contributed by atoms with E-state index in [9.17, 15) is 4.79 Å². The summed E-state index contributed by atoms with van der Waals surface area (Å²) in [7, 11) is 1.52. The quantitative estimate of drug-likeness (QED) is 0.566. The number of nitrogens with two attached hydrogens (primary N) is 1. The summed E-state index contributed by atoms with van der Waals surface area (Å²) >= 11 is 5.98. The molecular formula is C20H20ClN5O3. The van der Waals surface area contributed by atoms with Gasteiger partial charge in [-0.25, -0.2) is 0 Å². The van der Waals surface area contributed by atoms with Crippen LogP contribution < -0.4 is 15.8 Å². The van der Waals surface area contributed by atoms with Gasteiger partial charge in [0.1, 0.15) is 5.75 Å². The number of nitrogens with zero attached hydrogens (tertiary/aromatic N) is 3. The minimum atomic E-state index is -0.474. The highest BCUT2D eigenvalue weighted by Crippen LogP contribution is 2.23. The van der Waals surface area contributed by atoms with Crippen LogP contribution in [0.2, 0.25) is 5.02 Å². The van der Waals surface area contributed by atoms with E-state index in [1.54, 1.807) is 18.2 Å². The van der Waals surface area contributed by atoms with Gasteiger partial charge in [0.2, 0.25) is 11.9 Å². The average molecular weight is 414 g/mol. The van der Waals surface area contributed by atoms with Gasteiger partial charge in [-0.15, -0.1) is 0 Å². The largest absolute Gasteiger partial charge is 0.496 e. The zero-order valence-corrected chi connectivity index (χ0v) is 16.7. The summed E-state index contributed by atoms with van der Waals surface area (Å²) in [6.07, 6.45) is -0.00122. The van der Waals surface area contributed by atoms with Crippen molar-refractivity contribution in [3.8, 4) is 5.75 Å². The molecule has 3 rings (SSSR count). The lowest BCUT2D eigenvalue weighted by molar-refractivity contribution is -0.144. The number of benzene rings is 2. The van der Waals surface area contributed by atoms with E-state index >= 15 is 0 Å². The van der Waals surface area contributed by atoms with E-state index in [1.807, 2.05) is 31.2 Å². The van der Waals surface area contributed by atoms with Crippen molar-refractivity contribution in [2.45, 2.75) is 20.0 Å². The Hall–Kier alpha value is -3.39. The number of methoxy groups -OCH3 is 1. The highest BCUT2D eigenvalue weighted by atomic mass is 35.5. The lowest BCUT2D eigenvalue weighted by Gasteiger charge is -2.10. The van der Waals surface area contributed by atoms with Crippen molar-refractivity contribution in [1.29, 1.82) is 0 Å². The number of hydrogen-bond acceptors (Lipinski definition) is 8. The SMILES string of the molecule is COc1ccc(Cl)cc1CC(=O)OCc1nc(N)nc(Nc2ccc(C)cc2)n1. The van der Waals surface area contributed by atoms with Crippen LogP contribution in [0.4, 0.5) is 17.6 Å². The third-order valence-corrected chi connectivity index (χ3v) is 4.18. The van der Waals surface area contributed by atoms with Gasteiger partial charge in [-0.1, -0.05) is 29.3 Å². The Kier molecular flexibility index (Phi) is 6.46. The fraction of sp³-hybridized carbons (Fsp3) is 0.200. The smallest absolute Gasteiger partial charge is 0.310 e. The van der Waals surface area contributed by atoms with E-state index in [-0.39, 0.29) is 30.7 Å². The summed E-state index contributed by atoms with van der Waals surface area (Å²) in [6, 6.07) is 12.7. The number of nitrogen functional groups attached to an aromatic ring is 1. The predicted octanol–water partition coefficient (Wildman–Crippen LogP) is 3.45. The maximum Gasteiger partial charge on any atom is 0.310 e. The summed E-state index contributed by atoms with van der Waals surface area (Å²) < 4.78 is 10.5. The maximum absolute atomic E-state index is 12.2. The number of rotatable bonds is 7. The third-order valence-electron chi connectivity index (χ3n) is 3.95. The standard InChI is InChI=1S/C20H20ClN5O3/c1-12-3-6-15(7-4-12)23-20-25-17(24-19(22)26-20)11-29-18(27)10-13-9-14(21)5-8-16(13)28-2/h3-9H,10-11H2,1-2H3,(H3,22,23,24,25,26). The summed E-state index contributed by atoms with van der Waals surface area (Å²) in [5.41, 5.74) is 8.31. The maximum atomic E-state index is 12.2. The van der Waals surface area contributed by atoms with Gasteiger partial charge in [0.25, 0.3) is 0 Å². The Morgan fingerprint density at radius 2 is 1.90 bits per heavy atom.